The largest absolute Gasteiger partial charge is 0.466 e. The summed E-state index contributed by atoms with van der Waals surface area (Å²) in [7, 11) is 1.35. The summed E-state index contributed by atoms with van der Waals surface area (Å²) in [5.74, 6) is 0.312. The Labute approximate surface area is 115 Å². The van der Waals surface area contributed by atoms with Crippen LogP contribution in [-0.2, 0) is 14.3 Å². The summed E-state index contributed by atoms with van der Waals surface area (Å²) in [5, 5.41) is 0. The molecule has 2 rings (SSSR count). The molecule has 3 nitrogen and oxygen atoms in total. The van der Waals surface area contributed by atoms with Gasteiger partial charge < -0.3 is 4.74 Å². The third-order valence-electron chi connectivity index (χ3n) is 5.86. The number of ether oxygens (including phenoxy) is 1. The zero-order valence-corrected chi connectivity index (χ0v) is 12.4. The van der Waals surface area contributed by atoms with Gasteiger partial charge in [0.05, 0.1) is 7.11 Å². The van der Waals surface area contributed by atoms with Gasteiger partial charge in [0.25, 0.3) is 0 Å². The van der Waals surface area contributed by atoms with Crippen molar-refractivity contribution in [3.05, 3.63) is 11.6 Å². The smallest absolute Gasteiger partial charge is 0.330 e. The number of fused-ring (bicyclic) bond motifs is 1. The first-order valence-corrected chi connectivity index (χ1v) is 7.18. The molecule has 0 aromatic rings. The van der Waals surface area contributed by atoms with Gasteiger partial charge in [0, 0.05) is 17.1 Å². The Bertz CT molecular complexity index is 437. The van der Waals surface area contributed by atoms with Gasteiger partial charge >= 0.3 is 5.97 Å². The summed E-state index contributed by atoms with van der Waals surface area (Å²) < 4.78 is 4.65. The van der Waals surface area contributed by atoms with Crippen molar-refractivity contribution in [2.45, 2.75) is 52.9 Å². The van der Waals surface area contributed by atoms with E-state index in [-0.39, 0.29) is 16.6 Å². The van der Waals surface area contributed by atoms with Crippen LogP contribution < -0.4 is 0 Å². The van der Waals surface area contributed by atoms with E-state index in [4.69, 9.17) is 0 Å². The molecule has 0 saturated heterocycles. The van der Waals surface area contributed by atoms with E-state index < -0.39 is 5.97 Å². The van der Waals surface area contributed by atoms with Gasteiger partial charge in [0.2, 0.25) is 0 Å². The van der Waals surface area contributed by atoms with E-state index in [1.807, 2.05) is 0 Å². The molecule has 2 fully saturated rings. The van der Waals surface area contributed by atoms with Crippen molar-refractivity contribution >= 4 is 11.8 Å². The van der Waals surface area contributed by atoms with Crippen molar-refractivity contribution in [1.82, 2.24) is 0 Å². The highest BCUT2D eigenvalue weighted by Crippen LogP contribution is 2.60. The molecule has 0 amide bonds. The average molecular weight is 264 g/mol. The molecule has 3 atom stereocenters. The van der Waals surface area contributed by atoms with Gasteiger partial charge in [-0.05, 0) is 30.6 Å². The molecular weight excluding hydrogens is 240 g/mol. The molecule has 0 N–H and O–H groups in total. The Balaban J connectivity index is 2.36. The maximum atomic E-state index is 12.8. The summed E-state index contributed by atoms with van der Waals surface area (Å²) in [6.07, 6.45) is 6.32. The highest BCUT2D eigenvalue weighted by molar-refractivity contribution is 6.05. The number of rotatable bonds is 1. The molecule has 106 valence electrons. The number of esters is 1. The molecule has 2 aliphatic rings. The minimum Gasteiger partial charge on any atom is -0.466 e. The second-order valence-electron chi connectivity index (χ2n) is 6.56. The lowest BCUT2D eigenvalue weighted by Gasteiger charge is -2.56. The SMILES string of the molecule is COC(=O)/C=C1/CC[C@]2(C)[C@@H](C)CCC[C@]2(C)C1=O. The monoisotopic (exact) mass is 264 g/mol. The Morgan fingerprint density at radius 1 is 1.37 bits per heavy atom. The van der Waals surface area contributed by atoms with Crippen molar-refractivity contribution in [2.24, 2.45) is 16.7 Å². The highest BCUT2D eigenvalue weighted by Gasteiger charge is 2.56. The third kappa shape index (κ3) is 2.03. The van der Waals surface area contributed by atoms with E-state index in [1.165, 1.54) is 19.6 Å². The fraction of sp³-hybridized carbons (Fsp3) is 0.750. The first kappa shape index (κ1) is 14.3. The van der Waals surface area contributed by atoms with Gasteiger partial charge in [0.1, 0.15) is 0 Å². The molecule has 0 aliphatic heterocycles. The number of hydrogen-bond donors (Lipinski definition) is 0. The molecule has 2 saturated carbocycles. The molecule has 0 radical (unpaired) electrons. The van der Waals surface area contributed by atoms with Crippen LogP contribution in [-0.4, -0.2) is 18.9 Å². The maximum Gasteiger partial charge on any atom is 0.330 e. The number of hydrogen-bond acceptors (Lipinski definition) is 3. The molecule has 0 spiro atoms. The van der Waals surface area contributed by atoms with Crippen molar-refractivity contribution in [3.8, 4) is 0 Å². The van der Waals surface area contributed by atoms with Crippen LogP contribution in [0.4, 0.5) is 0 Å². The van der Waals surface area contributed by atoms with Gasteiger partial charge in [0.15, 0.2) is 5.78 Å². The van der Waals surface area contributed by atoms with Gasteiger partial charge in [-0.15, -0.1) is 0 Å². The van der Waals surface area contributed by atoms with Gasteiger partial charge in [-0.3, -0.25) is 4.79 Å². The summed E-state index contributed by atoms with van der Waals surface area (Å²) in [4.78, 5) is 24.2. The Kier molecular flexibility index (Phi) is 3.59. The van der Waals surface area contributed by atoms with Crippen LogP contribution in [0.25, 0.3) is 0 Å². The molecule has 0 heterocycles. The molecule has 19 heavy (non-hydrogen) atoms. The number of ketones is 1. The van der Waals surface area contributed by atoms with Gasteiger partial charge in [-0.2, -0.15) is 0 Å². The van der Waals surface area contributed by atoms with E-state index in [0.29, 0.717) is 17.9 Å². The Morgan fingerprint density at radius 2 is 2.05 bits per heavy atom. The highest BCUT2D eigenvalue weighted by atomic mass is 16.5. The normalized spacial score (nSPS) is 40.9. The van der Waals surface area contributed by atoms with Gasteiger partial charge in [-0.1, -0.05) is 33.6 Å². The average Bonchev–Trinajstić information content (AvgIpc) is 2.38. The number of methoxy groups -OCH3 is 1. The third-order valence-corrected chi connectivity index (χ3v) is 5.86. The lowest BCUT2D eigenvalue weighted by molar-refractivity contribution is -0.144. The van der Waals surface area contributed by atoms with Crippen LogP contribution in [0.3, 0.4) is 0 Å². The molecule has 2 aliphatic carbocycles. The first-order chi connectivity index (χ1) is 8.85. The number of Topliss-reactive ketones (excluding diaryl/α,β-unsaturated/α-hetero) is 1. The summed E-state index contributed by atoms with van der Waals surface area (Å²) in [6.45, 7) is 6.61. The van der Waals surface area contributed by atoms with Gasteiger partial charge in [-0.25, -0.2) is 4.79 Å². The van der Waals surface area contributed by atoms with Crippen LogP contribution in [0.2, 0.25) is 0 Å². The fourth-order valence-corrected chi connectivity index (χ4v) is 4.01. The number of carbonyl (C=O) groups excluding carboxylic acids is 2. The zero-order valence-electron chi connectivity index (χ0n) is 12.4. The zero-order chi connectivity index (χ0) is 14.3. The van der Waals surface area contributed by atoms with Crippen molar-refractivity contribution in [2.75, 3.05) is 7.11 Å². The van der Waals surface area contributed by atoms with Crippen LogP contribution in [0.1, 0.15) is 52.9 Å². The second kappa shape index (κ2) is 4.77. The van der Waals surface area contributed by atoms with E-state index >= 15 is 0 Å². The first-order valence-electron chi connectivity index (χ1n) is 7.18. The Morgan fingerprint density at radius 3 is 2.68 bits per heavy atom. The quantitative estimate of drug-likeness (QED) is 0.539. The summed E-state index contributed by atoms with van der Waals surface area (Å²) in [6, 6.07) is 0. The number of carbonyl (C=O) groups is 2. The van der Waals surface area contributed by atoms with Crippen molar-refractivity contribution < 1.29 is 14.3 Å². The van der Waals surface area contributed by atoms with E-state index in [2.05, 4.69) is 25.5 Å². The lowest BCUT2D eigenvalue weighted by Crippen LogP contribution is -2.53. The Hall–Kier alpha value is -1.12. The van der Waals surface area contributed by atoms with E-state index in [0.717, 1.165) is 19.3 Å². The molecule has 0 aromatic heterocycles. The topological polar surface area (TPSA) is 43.4 Å². The van der Waals surface area contributed by atoms with E-state index in [1.54, 1.807) is 0 Å². The minimum absolute atomic E-state index is 0.0653. The van der Waals surface area contributed by atoms with Crippen LogP contribution in [0.15, 0.2) is 11.6 Å². The fourth-order valence-electron chi connectivity index (χ4n) is 4.01. The summed E-state index contributed by atoms with van der Waals surface area (Å²) >= 11 is 0. The van der Waals surface area contributed by atoms with Crippen molar-refractivity contribution in [1.29, 1.82) is 0 Å². The predicted octanol–water partition coefficient (Wildman–Crippen LogP) is 3.28. The van der Waals surface area contributed by atoms with Crippen LogP contribution in [0.5, 0.6) is 0 Å². The minimum atomic E-state index is -0.417. The predicted molar refractivity (Wildman–Crippen MR) is 73.6 cm³/mol. The maximum absolute atomic E-state index is 12.8. The number of allylic oxidation sites excluding steroid dienone is 1. The standard InChI is InChI=1S/C16H24O3/c1-11-6-5-8-16(3)14(18)12(10-13(17)19-4)7-9-15(11,16)2/h10-11H,5-9H2,1-4H3/b12-10-/t11-,15+,16+/m0/s1. The van der Waals surface area contributed by atoms with Crippen LogP contribution in [0, 0.1) is 16.7 Å². The summed E-state index contributed by atoms with van der Waals surface area (Å²) in [5.41, 5.74) is 0.402. The second-order valence-corrected chi connectivity index (χ2v) is 6.56. The lowest BCUT2D eigenvalue weighted by atomic mass is 9.47. The molecule has 0 aromatic carbocycles. The molecule has 0 bridgehead atoms. The van der Waals surface area contributed by atoms with Crippen LogP contribution >= 0.6 is 0 Å². The molecular formula is C16H24O3. The molecule has 0 unspecified atom stereocenters. The van der Waals surface area contributed by atoms with E-state index in [9.17, 15) is 9.59 Å². The molecule has 3 heteroatoms. The van der Waals surface area contributed by atoms with Crippen molar-refractivity contribution in [3.63, 3.8) is 0 Å².